The first kappa shape index (κ1) is 19.8. The molecular weight excluding hydrogens is 390 g/mol. The molecule has 0 bridgehead atoms. The molecule has 0 radical (unpaired) electrons. The zero-order chi connectivity index (χ0) is 21.5. The lowest BCUT2D eigenvalue weighted by Crippen LogP contribution is -2.07. The fraction of sp³-hybridized carbons (Fsp3) is 0. The minimum absolute atomic E-state index is 0.109. The molecule has 1 aromatic heterocycles. The van der Waals surface area contributed by atoms with Crippen LogP contribution in [-0.4, -0.2) is 14.9 Å². The molecule has 0 amide bonds. The van der Waals surface area contributed by atoms with Crippen LogP contribution in [-0.2, 0) is 0 Å². The van der Waals surface area contributed by atoms with Crippen molar-refractivity contribution in [2.45, 2.75) is 0 Å². The van der Waals surface area contributed by atoms with Crippen molar-refractivity contribution in [3.05, 3.63) is 112 Å². The van der Waals surface area contributed by atoms with E-state index >= 15 is 0 Å². The SMILES string of the molecule is O=[N+]([O-])c1c(C=Cc2ccccc2)nc(Nc2ccccc2)nc1Nc1ccccc1. The number of nitrogens with one attached hydrogen (secondary N) is 2. The minimum Gasteiger partial charge on any atom is -0.334 e. The van der Waals surface area contributed by atoms with Crippen molar-refractivity contribution < 1.29 is 4.92 Å². The zero-order valence-electron chi connectivity index (χ0n) is 16.5. The molecule has 0 unspecified atom stereocenters. The number of anilines is 4. The Morgan fingerprint density at radius 3 is 1.84 bits per heavy atom. The van der Waals surface area contributed by atoms with Gasteiger partial charge in [-0.3, -0.25) is 10.1 Å². The summed E-state index contributed by atoms with van der Waals surface area (Å²) < 4.78 is 0. The van der Waals surface area contributed by atoms with E-state index < -0.39 is 4.92 Å². The average Bonchev–Trinajstić information content (AvgIpc) is 2.79. The fourth-order valence-corrected chi connectivity index (χ4v) is 2.96. The van der Waals surface area contributed by atoms with Crippen LogP contribution in [0.2, 0.25) is 0 Å². The molecule has 4 aromatic rings. The van der Waals surface area contributed by atoms with Gasteiger partial charge in [0.2, 0.25) is 11.8 Å². The van der Waals surface area contributed by atoms with E-state index in [4.69, 9.17) is 0 Å². The number of benzene rings is 3. The third-order valence-electron chi connectivity index (χ3n) is 4.39. The highest BCUT2D eigenvalue weighted by Gasteiger charge is 2.24. The van der Waals surface area contributed by atoms with Crippen molar-refractivity contribution in [2.75, 3.05) is 10.6 Å². The van der Waals surface area contributed by atoms with Gasteiger partial charge in [-0.1, -0.05) is 72.8 Å². The predicted molar refractivity (Wildman–Crippen MR) is 124 cm³/mol. The van der Waals surface area contributed by atoms with Crippen molar-refractivity contribution >= 4 is 41.0 Å². The predicted octanol–water partition coefficient (Wildman–Crippen LogP) is 6.04. The van der Waals surface area contributed by atoms with Crippen LogP contribution < -0.4 is 10.6 Å². The lowest BCUT2D eigenvalue weighted by Gasteiger charge is -2.11. The Hall–Kier alpha value is -4.52. The van der Waals surface area contributed by atoms with Crippen molar-refractivity contribution in [2.24, 2.45) is 0 Å². The van der Waals surface area contributed by atoms with Crippen LogP contribution in [0.15, 0.2) is 91.0 Å². The second kappa shape index (κ2) is 9.32. The smallest absolute Gasteiger partial charge is 0.334 e. The van der Waals surface area contributed by atoms with Crippen LogP contribution in [0.3, 0.4) is 0 Å². The monoisotopic (exact) mass is 409 g/mol. The first-order valence-electron chi connectivity index (χ1n) is 9.63. The maximum Gasteiger partial charge on any atom is 0.337 e. The number of rotatable bonds is 7. The Bertz CT molecular complexity index is 1200. The molecule has 0 spiro atoms. The summed E-state index contributed by atoms with van der Waals surface area (Å²) in [5.41, 5.74) is 2.37. The van der Waals surface area contributed by atoms with E-state index in [0.29, 0.717) is 5.69 Å². The fourth-order valence-electron chi connectivity index (χ4n) is 2.96. The number of nitrogens with zero attached hydrogens (tertiary/aromatic N) is 3. The summed E-state index contributed by atoms with van der Waals surface area (Å²) in [6, 6.07) is 28.1. The zero-order valence-corrected chi connectivity index (χ0v) is 16.5. The van der Waals surface area contributed by atoms with Gasteiger partial charge in [-0.25, -0.2) is 4.98 Å². The maximum atomic E-state index is 11.9. The van der Waals surface area contributed by atoms with Crippen molar-refractivity contribution in [3.63, 3.8) is 0 Å². The molecule has 0 aliphatic carbocycles. The highest BCUT2D eigenvalue weighted by molar-refractivity contribution is 5.79. The normalized spacial score (nSPS) is 10.7. The molecule has 0 saturated heterocycles. The van der Waals surface area contributed by atoms with Gasteiger partial charge in [0.1, 0.15) is 5.69 Å². The topological polar surface area (TPSA) is 93.0 Å². The molecule has 0 aliphatic heterocycles. The highest BCUT2D eigenvalue weighted by Crippen LogP contribution is 2.31. The van der Waals surface area contributed by atoms with E-state index in [1.54, 1.807) is 12.2 Å². The molecule has 0 atom stereocenters. The third kappa shape index (κ3) is 5.10. The minimum atomic E-state index is -0.470. The quantitative estimate of drug-likeness (QED) is 0.285. The first-order valence-corrected chi connectivity index (χ1v) is 9.63. The van der Waals surface area contributed by atoms with E-state index in [1.165, 1.54) is 0 Å². The maximum absolute atomic E-state index is 11.9. The molecular formula is C24H19N5O2. The first-order chi connectivity index (χ1) is 15.2. The molecule has 31 heavy (non-hydrogen) atoms. The van der Waals surface area contributed by atoms with Gasteiger partial charge in [-0.15, -0.1) is 0 Å². The summed E-state index contributed by atoms with van der Waals surface area (Å²) in [7, 11) is 0. The summed E-state index contributed by atoms with van der Waals surface area (Å²) in [5, 5.41) is 18.1. The number of aromatic nitrogens is 2. The Balaban J connectivity index is 1.79. The van der Waals surface area contributed by atoms with Gasteiger partial charge in [0.25, 0.3) is 0 Å². The van der Waals surface area contributed by atoms with Crippen molar-refractivity contribution in [1.82, 2.24) is 9.97 Å². The van der Waals surface area contributed by atoms with Gasteiger partial charge in [0, 0.05) is 11.4 Å². The molecule has 2 N–H and O–H groups in total. The summed E-state index contributed by atoms with van der Waals surface area (Å²) in [4.78, 5) is 20.3. The molecule has 0 aliphatic rings. The Kier molecular flexibility index (Phi) is 5.95. The molecule has 152 valence electrons. The summed E-state index contributed by atoms with van der Waals surface area (Å²) in [6.45, 7) is 0. The van der Waals surface area contributed by atoms with Crippen LogP contribution in [0.4, 0.5) is 28.8 Å². The standard InChI is InChI=1S/C24H19N5O2/c30-29(31)22-21(17-16-18-10-4-1-5-11-18)27-24(26-20-14-8-3-9-15-20)28-23(22)25-19-12-6-2-7-13-19/h1-17H,(H2,25,26,27,28). The van der Waals surface area contributed by atoms with Crippen molar-refractivity contribution in [1.29, 1.82) is 0 Å². The van der Waals surface area contributed by atoms with Gasteiger partial charge in [0.15, 0.2) is 0 Å². The van der Waals surface area contributed by atoms with Gasteiger partial charge in [-0.2, -0.15) is 4.98 Å². The van der Waals surface area contributed by atoms with Gasteiger partial charge in [0.05, 0.1) is 4.92 Å². The molecule has 4 rings (SSSR count). The van der Waals surface area contributed by atoms with E-state index in [1.807, 2.05) is 91.0 Å². The average molecular weight is 409 g/mol. The van der Waals surface area contributed by atoms with E-state index in [0.717, 1.165) is 11.3 Å². The van der Waals surface area contributed by atoms with Crippen LogP contribution in [0.5, 0.6) is 0 Å². The molecule has 1 heterocycles. The van der Waals surface area contributed by atoms with E-state index in [9.17, 15) is 10.1 Å². The molecule has 0 fully saturated rings. The molecule has 7 heteroatoms. The number of hydrogen-bond acceptors (Lipinski definition) is 6. The van der Waals surface area contributed by atoms with Crippen LogP contribution >= 0.6 is 0 Å². The molecule has 0 saturated carbocycles. The molecule has 7 nitrogen and oxygen atoms in total. The third-order valence-corrected chi connectivity index (χ3v) is 4.39. The van der Waals surface area contributed by atoms with Crippen molar-refractivity contribution in [3.8, 4) is 0 Å². The Morgan fingerprint density at radius 1 is 0.710 bits per heavy atom. The van der Waals surface area contributed by atoms with Gasteiger partial charge >= 0.3 is 5.69 Å². The second-order valence-electron chi connectivity index (χ2n) is 6.61. The van der Waals surface area contributed by atoms with Crippen LogP contribution in [0.25, 0.3) is 12.2 Å². The van der Waals surface area contributed by atoms with Gasteiger partial charge < -0.3 is 10.6 Å². The number of para-hydroxylation sites is 2. The van der Waals surface area contributed by atoms with Gasteiger partial charge in [-0.05, 0) is 35.9 Å². The lowest BCUT2D eigenvalue weighted by atomic mass is 10.2. The number of nitro groups is 1. The summed E-state index contributed by atoms with van der Waals surface area (Å²) in [5.74, 6) is 0.361. The largest absolute Gasteiger partial charge is 0.337 e. The Labute approximate surface area is 179 Å². The molecule has 3 aromatic carbocycles. The van der Waals surface area contributed by atoms with E-state index in [-0.39, 0.29) is 23.1 Å². The Morgan fingerprint density at radius 2 is 1.26 bits per heavy atom. The van der Waals surface area contributed by atoms with E-state index in [2.05, 4.69) is 20.6 Å². The van der Waals surface area contributed by atoms with Crippen LogP contribution in [0, 0.1) is 10.1 Å². The highest BCUT2D eigenvalue weighted by atomic mass is 16.6. The van der Waals surface area contributed by atoms with Crippen LogP contribution in [0.1, 0.15) is 11.3 Å². The number of hydrogen-bond donors (Lipinski definition) is 2. The lowest BCUT2D eigenvalue weighted by molar-refractivity contribution is -0.384. The summed E-state index contributed by atoms with van der Waals surface area (Å²) in [6.07, 6.45) is 3.41. The summed E-state index contributed by atoms with van der Waals surface area (Å²) >= 11 is 0. The second-order valence-corrected chi connectivity index (χ2v) is 6.61.